The average molecular weight is 329 g/mol. The summed E-state index contributed by atoms with van der Waals surface area (Å²) >= 11 is 0. The number of carbonyl (C=O) groups excluding carboxylic acids is 1. The third-order valence-electron chi connectivity index (χ3n) is 4.12. The summed E-state index contributed by atoms with van der Waals surface area (Å²) in [6.07, 6.45) is 1.21. The van der Waals surface area contributed by atoms with Gasteiger partial charge < -0.3 is 19.5 Å². The Morgan fingerprint density at radius 1 is 1.38 bits per heavy atom. The van der Waals surface area contributed by atoms with E-state index in [1.165, 1.54) is 0 Å². The highest BCUT2D eigenvalue weighted by Gasteiger charge is 2.24. The molecule has 0 spiro atoms. The van der Waals surface area contributed by atoms with Crippen molar-refractivity contribution in [1.82, 2.24) is 15.4 Å². The van der Waals surface area contributed by atoms with Crippen LogP contribution >= 0.6 is 0 Å². The van der Waals surface area contributed by atoms with Gasteiger partial charge in [0.15, 0.2) is 0 Å². The van der Waals surface area contributed by atoms with E-state index in [1.54, 1.807) is 4.90 Å². The van der Waals surface area contributed by atoms with Crippen molar-refractivity contribution in [2.24, 2.45) is 0 Å². The molecule has 24 heavy (non-hydrogen) atoms. The van der Waals surface area contributed by atoms with E-state index in [4.69, 9.17) is 9.26 Å². The van der Waals surface area contributed by atoms with Crippen LogP contribution in [0, 0.1) is 0 Å². The molecule has 6 nitrogen and oxygen atoms in total. The summed E-state index contributed by atoms with van der Waals surface area (Å²) in [6.45, 7) is 2.65. The molecule has 1 aromatic heterocycles. The van der Waals surface area contributed by atoms with E-state index < -0.39 is 0 Å². The Kier molecular flexibility index (Phi) is 5.61. The van der Waals surface area contributed by atoms with Gasteiger partial charge in [0.1, 0.15) is 17.6 Å². The van der Waals surface area contributed by atoms with Gasteiger partial charge in [0.25, 0.3) is 5.91 Å². The monoisotopic (exact) mass is 329 g/mol. The van der Waals surface area contributed by atoms with Gasteiger partial charge in [-0.05, 0) is 6.42 Å². The first-order valence-electron chi connectivity index (χ1n) is 8.32. The fraction of sp³-hybridized carbons (Fsp3) is 0.444. The number of likely N-dealkylation sites (N-methyl/N-ethyl adjacent to an activating group) is 1. The van der Waals surface area contributed by atoms with Gasteiger partial charge in [0.2, 0.25) is 0 Å². The number of amides is 1. The van der Waals surface area contributed by atoms with Crippen LogP contribution in [0.1, 0.15) is 12.2 Å². The molecule has 1 aliphatic rings. The summed E-state index contributed by atoms with van der Waals surface area (Å²) in [6, 6.07) is 11.9. The van der Waals surface area contributed by atoms with Gasteiger partial charge in [-0.1, -0.05) is 35.5 Å². The van der Waals surface area contributed by atoms with Crippen LogP contribution in [0.5, 0.6) is 0 Å². The maximum atomic E-state index is 12.3. The number of rotatable bonds is 6. The van der Waals surface area contributed by atoms with Gasteiger partial charge in [-0.15, -0.1) is 0 Å². The molecule has 1 N–H and O–H groups in total. The molecule has 0 radical (unpaired) electrons. The van der Waals surface area contributed by atoms with Crippen LogP contribution in [-0.2, 0) is 16.0 Å². The van der Waals surface area contributed by atoms with E-state index in [1.807, 2.05) is 43.4 Å². The second-order valence-electron chi connectivity index (χ2n) is 5.97. The van der Waals surface area contributed by atoms with E-state index in [-0.39, 0.29) is 12.0 Å². The lowest BCUT2D eigenvalue weighted by Crippen LogP contribution is -2.48. The van der Waals surface area contributed by atoms with Crippen molar-refractivity contribution in [2.45, 2.75) is 18.9 Å². The summed E-state index contributed by atoms with van der Waals surface area (Å²) in [7, 11) is 1.82. The quantitative estimate of drug-likeness (QED) is 0.874. The van der Waals surface area contributed by atoms with Gasteiger partial charge in [-0.2, -0.15) is 0 Å². The van der Waals surface area contributed by atoms with E-state index in [9.17, 15) is 4.79 Å². The zero-order valence-corrected chi connectivity index (χ0v) is 13.9. The molecular formula is C18H23N3O3. The Morgan fingerprint density at radius 2 is 2.21 bits per heavy atom. The van der Waals surface area contributed by atoms with Gasteiger partial charge in [-0.3, -0.25) is 4.79 Å². The summed E-state index contributed by atoms with van der Waals surface area (Å²) in [5.41, 5.74) is 1.89. The predicted molar refractivity (Wildman–Crippen MR) is 90.5 cm³/mol. The number of nitrogens with zero attached hydrogens (tertiary/aromatic N) is 2. The molecule has 1 aromatic carbocycles. The van der Waals surface area contributed by atoms with Gasteiger partial charge in [0.05, 0.1) is 6.61 Å². The third kappa shape index (κ3) is 4.21. The van der Waals surface area contributed by atoms with E-state index in [0.29, 0.717) is 19.7 Å². The zero-order chi connectivity index (χ0) is 16.8. The van der Waals surface area contributed by atoms with Crippen molar-refractivity contribution in [2.75, 3.05) is 33.3 Å². The van der Waals surface area contributed by atoms with Crippen molar-refractivity contribution < 1.29 is 14.1 Å². The first-order chi connectivity index (χ1) is 11.7. The van der Waals surface area contributed by atoms with Crippen molar-refractivity contribution in [3.63, 3.8) is 0 Å². The molecule has 1 aliphatic heterocycles. The largest absolute Gasteiger partial charge is 0.366 e. The van der Waals surface area contributed by atoms with Crippen LogP contribution in [-0.4, -0.2) is 55.4 Å². The first kappa shape index (κ1) is 16.7. The summed E-state index contributed by atoms with van der Waals surface area (Å²) in [5.74, 6) is 0.870. The van der Waals surface area contributed by atoms with E-state index in [0.717, 1.165) is 36.4 Å². The molecule has 0 aliphatic carbocycles. The molecule has 1 saturated heterocycles. The standard InChI is InChI=1S/C18H23N3O3/c1-21(18(22)17-13-19-9-11-23-17)10-5-8-15-12-16(20-24-15)14-6-3-2-4-7-14/h2-4,6-7,12,17,19H,5,8-11,13H2,1H3. The lowest BCUT2D eigenvalue weighted by Gasteiger charge is -2.27. The molecule has 0 saturated carbocycles. The minimum atomic E-state index is -0.362. The lowest BCUT2D eigenvalue weighted by molar-refractivity contribution is -0.143. The Morgan fingerprint density at radius 3 is 2.96 bits per heavy atom. The maximum absolute atomic E-state index is 12.3. The third-order valence-corrected chi connectivity index (χ3v) is 4.12. The molecule has 1 amide bonds. The molecule has 2 heterocycles. The Bertz CT molecular complexity index is 651. The zero-order valence-electron chi connectivity index (χ0n) is 13.9. The van der Waals surface area contributed by atoms with Crippen LogP contribution in [0.3, 0.4) is 0 Å². The topological polar surface area (TPSA) is 67.6 Å². The molecule has 128 valence electrons. The number of aromatic nitrogens is 1. The fourth-order valence-electron chi connectivity index (χ4n) is 2.75. The maximum Gasteiger partial charge on any atom is 0.252 e. The SMILES string of the molecule is CN(CCCc1cc(-c2ccccc2)no1)C(=O)C1CNCCO1. The molecule has 0 bridgehead atoms. The number of nitrogens with one attached hydrogen (secondary N) is 1. The van der Waals surface area contributed by atoms with Crippen LogP contribution in [0.4, 0.5) is 0 Å². The second-order valence-corrected chi connectivity index (χ2v) is 5.97. The highest BCUT2D eigenvalue weighted by atomic mass is 16.5. The Hall–Kier alpha value is -2.18. The molecule has 3 rings (SSSR count). The number of hydrogen-bond donors (Lipinski definition) is 1. The van der Waals surface area contributed by atoms with Crippen LogP contribution < -0.4 is 5.32 Å². The van der Waals surface area contributed by atoms with Gasteiger partial charge >= 0.3 is 0 Å². The van der Waals surface area contributed by atoms with Gasteiger partial charge in [-0.25, -0.2) is 0 Å². The number of aryl methyl sites for hydroxylation is 1. The summed E-state index contributed by atoms with van der Waals surface area (Å²) in [5, 5.41) is 7.28. The Balaban J connectivity index is 1.46. The predicted octanol–water partition coefficient (Wildman–Crippen LogP) is 1.72. The fourth-order valence-corrected chi connectivity index (χ4v) is 2.75. The minimum absolute atomic E-state index is 0.0322. The highest BCUT2D eigenvalue weighted by molar-refractivity contribution is 5.81. The number of hydrogen-bond acceptors (Lipinski definition) is 5. The number of carbonyl (C=O) groups is 1. The molecular weight excluding hydrogens is 306 g/mol. The second kappa shape index (κ2) is 8.08. The van der Waals surface area contributed by atoms with Crippen LogP contribution in [0.25, 0.3) is 11.3 Å². The van der Waals surface area contributed by atoms with Crippen molar-refractivity contribution in [1.29, 1.82) is 0 Å². The highest BCUT2D eigenvalue weighted by Crippen LogP contribution is 2.19. The summed E-state index contributed by atoms with van der Waals surface area (Å²) < 4.78 is 10.9. The Labute approximate surface area is 141 Å². The number of ether oxygens (including phenoxy) is 1. The molecule has 1 fully saturated rings. The van der Waals surface area contributed by atoms with Crippen LogP contribution in [0.2, 0.25) is 0 Å². The first-order valence-corrected chi connectivity index (χ1v) is 8.32. The van der Waals surface area contributed by atoms with Crippen molar-refractivity contribution in [3.8, 4) is 11.3 Å². The molecule has 6 heteroatoms. The molecule has 1 unspecified atom stereocenters. The van der Waals surface area contributed by atoms with E-state index >= 15 is 0 Å². The average Bonchev–Trinajstić information content (AvgIpc) is 3.11. The van der Waals surface area contributed by atoms with Gasteiger partial charge in [0, 0.05) is 44.7 Å². The smallest absolute Gasteiger partial charge is 0.252 e. The van der Waals surface area contributed by atoms with Crippen molar-refractivity contribution >= 4 is 5.91 Å². The molecule has 1 atom stereocenters. The minimum Gasteiger partial charge on any atom is -0.366 e. The summed E-state index contributed by atoms with van der Waals surface area (Å²) in [4.78, 5) is 14.0. The van der Waals surface area contributed by atoms with Crippen molar-refractivity contribution in [3.05, 3.63) is 42.2 Å². The number of benzene rings is 1. The van der Waals surface area contributed by atoms with Crippen LogP contribution in [0.15, 0.2) is 40.9 Å². The number of morpholine rings is 1. The van der Waals surface area contributed by atoms with E-state index in [2.05, 4.69) is 10.5 Å². The molecule has 2 aromatic rings. The lowest BCUT2D eigenvalue weighted by atomic mass is 10.1. The normalized spacial score (nSPS) is 17.6.